The van der Waals surface area contributed by atoms with Crippen LogP contribution in [0, 0.1) is 6.92 Å². The number of thioether (sulfide) groups is 1. The van der Waals surface area contributed by atoms with E-state index >= 15 is 0 Å². The maximum Gasteiger partial charge on any atom is 0.341 e. The summed E-state index contributed by atoms with van der Waals surface area (Å²) in [7, 11) is 0. The monoisotopic (exact) mass is 275 g/mol. The molecule has 0 aliphatic rings. The van der Waals surface area contributed by atoms with Crippen LogP contribution in [0.3, 0.4) is 0 Å². The molecule has 0 saturated carbocycles. The molecule has 1 heterocycles. The molecule has 0 radical (unpaired) electrons. The van der Waals surface area contributed by atoms with Gasteiger partial charge in [0.2, 0.25) is 0 Å². The molecule has 0 fully saturated rings. The van der Waals surface area contributed by atoms with Crippen LogP contribution in [-0.4, -0.2) is 21.0 Å². The molecule has 2 rings (SSSR count). The van der Waals surface area contributed by atoms with E-state index in [0.717, 1.165) is 4.90 Å². The Kier molecular flexibility index (Phi) is 4.01. The Balaban J connectivity index is 2.06. The van der Waals surface area contributed by atoms with Crippen LogP contribution in [0.2, 0.25) is 0 Å². The van der Waals surface area contributed by atoms with Gasteiger partial charge in [-0.15, -0.1) is 11.8 Å². The molecule has 0 aliphatic carbocycles. The molecular formula is C13H13N3O2S. The van der Waals surface area contributed by atoms with Crippen LogP contribution < -0.4 is 5.73 Å². The van der Waals surface area contributed by atoms with Gasteiger partial charge in [0.25, 0.3) is 0 Å². The van der Waals surface area contributed by atoms with Gasteiger partial charge < -0.3 is 10.8 Å². The fraction of sp³-hybridized carbons (Fsp3) is 0.154. The lowest BCUT2D eigenvalue weighted by Gasteiger charge is -2.04. The van der Waals surface area contributed by atoms with E-state index in [0.29, 0.717) is 11.6 Å². The second-order valence-corrected chi connectivity index (χ2v) is 5.04. The van der Waals surface area contributed by atoms with Gasteiger partial charge in [-0.1, -0.05) is 17.7 Å². The number of hydrogen-bond acceptors (Lipinski definition) is 5. The molecule has 3 N–H and O–H groups in total. The standard InChI is InChI=1S/C13H13N3O2S/c1-8-2-4-9(5-3-8)19-7-11-15-6-10(13(17)18)12(14)16-11/h2-6H,7H2,1H3,(H,17,18)(H2,14,15,16). The van der Waals surface area contributed by atoms with Crippen molar-refractivity contribution in [2.24, 2.45) is 0 Å². The molecule has 0 saturated heterocycles. The van der Waals surface area contributed by atoms with E-state index in [9.17, 15) is 4.79 Å². The quantitative estimate of drug-likeness (QED) is 0.833. The Morgan fingerprint density at radius 2 is 2.05 bits per heavy atom. The number of aryl methyl sites for hydroxylation is 1. The Morgan fingerprint density at radius 1 is 1.37 bits per heavy atom. The van der Waals surface area contributed by atoms with Crippen molar-refractivity contribution in [1.29, 1.82) is 0 Å². The molecular weight excluding hydrogens is 262 g/mol. The molecule has 0 aliphatic heterocycles. The van der Waals surface area contributed by atoms with Gasteiger partial charge in [0, 0.05) is 11.1 Å². The van der Waals surface area contributed by atoms with Crippen LogP contribution in [0.25, 0.3) is 0 Å². The number of nitrogens with two attached hydrogens (primary N) is 1. The van der Waals surface area contributed by atoms with Crippen molar-refractivity contribution in [3.63, 3.8) is 0 Å². The molecule has 0 bridgehead atoms. The summed E-state index contributed by atoms with van der Waals surface area (Å²) in [4.78, 5) is 19.9. The minimum Gasteiger partial charge on any atom is -0.477 e. The van der Waals surface area contributed by atoms with E-state index in [-0.39, 0.29) is 11.4 Å². The lowest BCUT2D eigenvalue weighted by atomic mass is 10.2. The minimum absolute atomic E-state index is 0.00186. The highest BCUT2D eigenvalue weighted by atomic mass is 32.2. The summed E-state index contributed by atoms with van der Waals surface area (Å²) >= 11 is 1.58. The Morgan fingerprint density at radius 3 is 2.63 bits per heavy atom. The summed E-state index contributed by atoms with van der Waals surface area (Å²) < 4.78 is 0. The van der Waals surface area contributed by atoms with Gasteiger partial charge in [-0.25, -0.2) is 14.8 Å². The van der Waals surface area contributed by atoms with Gasteiger partial charge in [0.1, 0.15) is 17.2 Å². The molecule has 0 spiro atoms. The van der Waals surface area contributed by atoms with Gasteiger partial charge in [-0.05, 0) is 19.1 Å². The number of carboxylic acid groups (broad SMARTS) is 1. The first kappa shape index (κ1) is 13.4. The van der Waals surface area contributed by atoms with E-state index in [2.05, 4.69) is 9.97 Å². The Labute approximate surface area is 114 Å². The first-order valence-corrected chi connectivity index (χ1v) is 6.59. The van der Waals surface area contributed by atoms with Gasteiger partial charge in [-0.3, -0.25) is 0 Å². The largest absolute Gasteiger partial charge is 0.477 e. The van der Waals surface area contributed by atoms with Crippen LogP contribution in [0.1, 0.15) is 21.7 Å². The zero-order valence-corrected chi connectivity index (χ0v) is 11.1. The average Bonchev–Trinajstić information content (AvgIpc) is 2.37. The van der Waals surface area contributed by atoms with Crippen LogP contribution in [-0.2, 0) is 5.75 Å². The Bertz CT molecular complexity index is 599. The van der Waals surface area contributed by atoms with E-state index in [1.807, 2.05) is 31.2 Å². The molecule has 1 aromatic carbocycles. The number of rotatable bonds is 4. The molecule has 98 valence electrons. The number of aromatic carboxylic acids is 1. The smallest absolute Gasteiger partial charge is 0.341 e. The number of benzene rings is 1. The van der Waals surface area contributed by atoms with E-state index in [1.165, 1.54) is 11.8 Å². The predicted octanol–water partition coefficient (Wildman–Crippen LogP) is 2.36. The van der Waals surface area contributed by atoms with Crippen LogP contribution in [0.4, 0.5) is 5.82 Å². The van der Waals surface area contributed by atoms with Gasteiger partial charge in [-0.2, -0.15) is 0 Å². The topological polar surface area (TPSA) is 89.1 Å². The van der Waals surface area contributed by atoms with Crippen molar-refractivity contribution < 1.29 is 9.90 Å². The first-order chi connectivity index (χ1) is 9.06. The molecule has 0 unspecified atom stereocenters. The van der Waals surface area contributed by atoms with Crippen molar-refractivity contribution in [1.82, 2.24) is 9.97 Å². The fourth-order valence-corrected chi connectivity index (χ4v) is 2.21. The summed E-state index contributed by atoms with van der Waals surface area (Å²) in [5.41, 5.74) is 6.71. The molecule has 1 aromatic heterocycles. The summed E-state index contributed by atoms with van der Waals surface area (Å²) in [6.45, 7) is 2.03. The molecule has 0 amide bonds. The van der Waals surface area contributed by atoms with Crippen molar-refractivity contribution in [2.75, 3.05) is 5.73 Å². The third-order valence-electron chi connectivity index (χ3n) is 2.49. The molecule has 5 nitrogen and oxygen atoms in total. The van der Waals surface area contributed by atoms with Crippen LogP contribution >= 0.6 is 11.8 Å². The first-order valence-electron chi connectivity index (χ1n) is 5.60. The van der Waals surface area contributed by atoms with Gasteiger partial charge in [0.05, 0.1) is 5.75 Å². The highest BCUT2D eigenvalue weighted by Crippen LogP contribution is 2.22. The predicted molar refractivity (Wildman–Crippen MR) is 74.1 cm³/mol. The zero-order chi connectivity index (χ0) is 13.8. The maximum atomic E-state index is 10.8. The molecule has 6 heteroatoms. The maximum absolute atomic E-state index is 10.8. The summed E-state index contributed by atoms with van der Waals surface area (Å²) in [6.07, 6.45) is 1.25. The van der Waals surface area contributed by atoms with Crippen molar-refractivity contribution in [3.8, 4) is 0 Å². The van der Waals surface area contributed by atoms with Crippen LogP contribution in [0.5, 0.6) is 0 Å². The van der Waals surface area contributed by atoms with Gasteiger partial charge in [0.15, 0.2) is 0 Å². The number of carbonyl (C=O) groups is 1. The fourth-order valence-electron chi connectivity index (χ4n) is 1.45. The number of hydrogen-bond donors (Lipinski definition) is 2. The Hall–Kier alpha value is -2.08. The highest BCUT2D eigenvalue weighted by Gasteiger charge is 2.10. The van der Waals surface area contributed by atoms with Crippen LogP contribution in [0.15, 0.2) is 35.4 Å². The lowest BCUT2D eigenvalue weighted by molar-refractivity contribution is 0.0697. The molecule has 2 aromatic rings. The van der Waals surface area contributed by atoms with Crippen molar-refractivity contribution >= 4 is 23.5 Å². The lowest BCUT2D eigenvalue weighted by Crippen LogP contribution is -2.07. The number of aromatic nitrogens is 2. The number of nitrogens with zero attached hydrogens (tertiary/aromatic N) is 2. The van der Waals surface area contributed by atoms with E-state index < -0.39 is 5.97 Å². The molecule has 0 atom stereocenters. The third kappa shape index (κ3) is 3.45. The summed E-state index contributed by atoms with van der Waals surface area (Å²) in [6, 6.07) is 8.11. The minimum atomic E-state index is -1.12. The van der Waals surface area contributed by atoms with E-state index in [4.69, 9.17) is 10.8 Å². The zero-order valence-electron chi connectivity index (χ0n) is 10.3. The third-order valence-corrected chi connectivity index (χ3v) is 3.50. The normalized spacial score (nSPS) is 10.4. The second kappa shape index (κ2) is 5.71. The average molecular weight is 275 g/mol. The number of anilines is 1. The summed E-state index contributed by atoms with van der Waals surface area (Å²) in [5.74, 6) is -0.0435. The molecule has 19 heavy (non-hydrogen) atoms. The van der Waals surface area contributed by atoms with Crippen molar-refractivity contribution in [2.45, 2.75) is 17.6 Å². The highest BCUT2D eigenvalue weighted by molar-refractivity contribution is 7.98. The SMILES string of the molecule is Cc1ccc(SCc2ncc(C(=O)O)c(N)n2)cc1. The second-order valence-electron chi connectivity index (χ2n) is 3.99. The number of carboxylic acids is 1. The van der Waals surface area contributed by atoms with Gasteiger partial charge >= 0.3 is 5.97 Å². The van der Waals surface area contributed by atoms with E-state index in [1.54, 1.807) is 11.8 Å². The number of nitrogen functional groups attached to an aromatic ring is 1. The van der Waals surface area contributed by atoms with Crippen molar-refractivity contribution in [3.05, 3.63) is 47.4 Å². The summed E-state index contributed by atoms with van der Waals surface area (Å²) in [5, 5.41) is 8.83.